The van der Waals surface area contributed by atoms with E-state index in [-0.39, 0.29) is 41.5 Å². The zero-order chi connectivity index (χ0) is 22.4. The Bertz CT molecular complexity index is 781. The van der Waals surface area contributed by atoms with Gasteiger partial charge in [0.15, 0.2) is 0 Å². The molecule has 1 saturated carbocycles. The first-order valence-corrected chi connectivity index (χ1v) is 11.5. The van der Waals surface area contributed by atoms with Crippen LogP contribution in [-0.2, 0) is 9.59 Å². The van der Waals surface area contributed by atoms with Crippen LogP contribution in [0.3, 0.4) is 0 Å². The second kappa shape index (κ2) is 10.7. The number of nitrogens with one attached hydrogen (secondary N) is 2. The Morgan fingerprint density at radius 3 is 2.29 bits per heavy atom. The Hall–Kier alpha value is -2.44. The van der Waals surface area contributed by atoms with E-state index in [9.17, 15) is 18.8 Å². The van der Waals surface area contributed by atoms with Gasteiger partial charge in [0.25, 0.3) is 5.91 Å². The Balaban J connectivity index is 1.57. The van der Waals surface area contributed by atoms with E-state index in [2.05, 4.69) is 10.6 Å². The lowest BCUT2D eigenvalue weighted by molar-refractivity contribution is -0.136. The molecule has 0 spiro atoms. The molecular formula is C24H34FN3O3. The van der Waals surface area contributed by atoms with Gasteiger partial charge in [0.05, 0.1) is 5.92 Å². The minimum Gasteiger partial charge on any atom is -0.351 e. The largest absolute Gasteiger partial charge is 0.351 e. The molecule has 0 bridgehead atoms. The number of nitrogens with zero attached hydrogens (tertiary/aromatic N) is 1. The van der Waals surface area contributed by atoms with E-state index in [1.807, 2.05) is 18.7 Å². The molecule has 3 rings (SSSR count). The predicted octanol–water partition coefficient (Wildman–Crippen LogP) is 3.27. The molecule has 1 saturated heterocycles. The number of hydrogen-bond donors (Lipinski definition) is 2. The highest BCUT2D eigenvalue weighted by Crippen LogP contribution is 2.22. The Labute approximate surface area is 183 Å². The van der Waals surface area contributed by atoms with Gasteiger partial charge in [-0.15, -0.1) is 0 Å². The molecule has 1 aliphatic heterocycles. The summed E-state index contributed by atoms with van der Waals surface area (Å²) in [6, 6.07) is 5.18. The summed E-state index contributed by atoms with van der Waals surface area (Å²) >= 11 is 0. The average molecular weight is 432 g/mol. The summed E-state index contributed by atoms with van der Waals surface area (Å²) in [4.78, 5) is 39.8. The molecule has 3 amide bonds. The van der Waals surface area contributed by atoms with Gasteiger partial charge in [0.1, 0.15) is 5.82 Å². The zero-order valence-corrected chi connectivity index (χ0v) is 18.5. The van der Waals surface area contributed by atoms with Crippen LogP contribution in [0.1, 0.15) is 69.2 Å². The van der Waals surface area contributed by atoms with Gasteiger partial charge < -0.3 is 15.5 Å². The minimum absolute atomic E-state index is 0.0324. The van der Waals surface area contributed by atoms with Gasteiger partial charge in [-0.3, -0.25) is 14.4 Å². The molecule has 31 heavy (non-hydrogen) atoms. The van der Waals surface area contributed by atoms with Crippen molar-refractivity contribution in [2.24, 2.45) is 11.8 Å². The number of carbonyl (C=O) groups excluding carboxylic acids is 3. The van der Waals surface area contributed by atoms with E-state index < -0.39 is 0 Å². The van der Waals surface area contributed by atoms with Crippen molar-refractivity contribution in [1.82, 2.24) is 15.5 Å². The van der Waals surface area contributed by atoms with Crippen LogP contribution in [0.2, 0.25) is 0 Å². The number of amides is 3. The van der Waals surface area contributed by atoms with Crippen molar-refractivity contribution in [3.05, 3.63) is 35.6 Å². The summed E-state index contributed by atoms with van der Waals surface area (Å²) in [5.41, 5.74) is 0.406. The molecule has 170 valence electrons. The number of likely N-dealkylation sites (tertiary alicyclic amines) is 1. The molecule has 2 fully saturated rings. The Morgan fingerprint density at radius 2 is 1.65 bits per heavy atom. The molecule has 3 atom stereocenters. The van der Waals surface area contributed by atoms with Crippen molar-refractivity contribution in [2.75, 3.05) is 13.1 Å². The van der Waals surface area contributed by atoms with E-state index in [1.54, 1.807) is 0 Å². The lowest BCUT2D eigenvalue weighted by atomic mass is 9.88. The zero-order valence-electron chi connectivity index (χ0n) is 18.5. The number of halogens is 1. The maximum absolute atomic E-state index is 13.1. The van der Waals surface area contributed by atoms with E-state index in [0.29, 0.717) is 24.4 Å². The van der Waals surface area contributed by atoms with Crippen LogP contribution in [0.5, 0.6) is 0 Å². The monoisotopic (exact) mass is 431 g/mol. The molecule has 1 aromatic carbocycles. The van der Waals surface area contributed by atoms with Gasteiger partial charge in [0.2, 0.25) is 11.8 Å². The van der Waals surface area contributed by atoms with Crippen LogP contribution >= 0.6 is 0 Å². The topological polar surface area (TPSA) is 78.5 Å². The van der Waals surface area contributed by atoms with Crippen molar-refractivity contribution < 1.29 is 18.8 Å². The molecule has 7 heteroatoms. The predicted molar refractivity (Wildman–Crippen MR) is 117 cm³/mol. The fourth-order valence-electron chi connectivity index (χ4n) is 4.53. The summed E-state index contributed by atoms with van der Waals surface area (Å²) < 4.78 is 13.1. The second-order valence-corrected chi connectivity index (χ2v) is 9.26. The molecular weight excluding hydrogens is 397 g/mol. The molecule has 6 nitrogen and oxygen atoms in total. The van der Waals surface area contributed by atoms with Crippen molar-refractivity contribution in [3.8, 4) is 0 Å². The van der Waals surface area contributed by atoms with Crippen LogP contribution < -0.4 is 10.6 Å². The Morgan fingerprint density at radius 1 is 1.00 bits per heavy atom. The lowest BCUT2D eigenvalue weighted by Crippen LogP contribution is -2.55. The lowest BCUT2D eigenvalue weighted by Gasteiger charge is -2.36. The van der Waals surface area contributed by atoms with Crippen LogP contribution in [0.15, 0.2) is 24.3 Å². The summed E-state index contributed by atoms with van der Waals surface area (Å²) in [5, 5.41) is 6.17. The highest BCUT2D eigenvalue weighted by molar-refractivity contribution is 5.94. The first-order chi connectivity index (χ1) is 14.8. The molecule has 1 heterocycles. The number of piperidine rings is 1. The van der Waals surface area contributed by atoms with Crippen molar-refractivity contribution >= 4 is 17.7 Å². The molecule has 0 radical (unpaired) electrons. The second-order valence-electron chi connectivity index (χ2n) is 9.26. The minimum atomic E-state index is -0.382. The van der Waals surface area contributed by atoms with E-state index >= 15 is 0 Å². The standard InChI is InChI=1S/C24H34FN3O3/c1-16(2)14-22(29)28-13-5-6-18(15-28)24(31)27-21-8-4-3-7-20(21)26-23(30)17-9-11-19(25)12-10-17/h9-12,16,18,20-21H,3-8,13-15H2,1-2H3,(H,26,30)(H,27,31)/t18-,20+,21+/m0/s1. The fraction of sp³-hybridized carbons (Fsp3) is 0.625. The highest BCUT2D eigenvalue weighted by atomic mass is 19.1. The number of hydrogen-bond acceptors (Lipinski definition) is 3. The van der Waals surface area contributed by atoms with Crippen LogP contribution in [0.25, 0.3) is 0 Å². The summed E-state index contributed by atoms with van der Waals surface area (Å²) in [6.07, 6.45) is 5.70. The molecule has 1 aliphatic carbocycles. The quantitative estimate of drug-likeness (QED) is 0.726. The number of carbonyl (C=O) groups is 3. The average Bonchev–Trinajstić information content (AvgIpc) is 2.75. The van der Waals surface area contributed by atoms with Gasteiger partial charge in [-0.1, -0.05) is 26.7 Å². The maximum Gasteiger partial charge on any atom is 0.251 e. The van der Waals surface area contributed by atoms with Crippen LogP contribution in [-0.4, -0.2) is 47.8 Å². The fourth-order valence-corrected chi connectivity index (χ4v) is 4.53. The molecule has 2 N–H and O–H groups in total. The molecule has 0 aromatic heterocycles. The van der Waals surface area contributed by atoms with Gasteiger partial charge in [-0.2, -0.15) is 0 Å². The van der Waals surface area contributed by atoms with Crippen molar-refractivity contribution in [1.29, 1.82) is 0 Å². The third-order valence-electron chi connectivity index (χ3n) is 6.24. The molecule has 1 aromatic rings. The summed E-state index contributed by atoms with van der Waals surface area (Å²) in [6.45, 7) is 5.23. The van der Waals surface area contributed by atoms with Gasteiger partial charge >= 0.3 is 0 Å². The van der Waals surface area contributed by atoms with Gasteiger partial charge in [-0.05, 0) is 55.9 Å². The first-order valence-electron chi connectivity index (χ1n) is 11.5. The van der Waals surface area contributed by atoms with Crippen molar-refractivity contribution in [3.63, 3.8) is 0 Å². The first kappa shape index (κ1) is 23.2. The Kier molecular flexibility index (Phi) is 8.04. The van der Waals surface area contributed by atoms with Crippen LogP contribution in [0, 0.1) is 17.7 Å². The van der Waals surface area contributed by atoms with Crippen molar-refractivity contribution in [2.45, 2.75) is 70.9 Å². The highest BCUT2D eigenvalue weighted by Gasteiger charge is 2.33. The van der Waals surface area contributed by atoms with E-state index in [1.165, 1.54) is 24.3 Å². The summed E-state index contributed by atoms with van der Waals surface area (Å²) in [5.74, 6) is -0.457. The third kappa shape index (κ3) is 6.52. The molecule has 0 unspecified atom stereocenters. The molecule has 2 aliphatic rings. The normalized spacial score (nSPS) is 24.0. The van der Waals surface area contributed by atoms with E-state index in [4.69, 9.17) is 0 Å². The van der Waals surface area contributed by atoms with E-state index in [0.717, 1.165) is 45.1 Å². The third-order valence-corrected chi connectivity index (χ3v) is 6.24. The maximum atomic E-state index is 13.1. The SMILES string of the molecule is CC(C)CC(=O)N1CCC[C@H](C(=O)N[C@@H]2CCCC[C@H]2NC(=O)c2ccc(F)cc2)C1. The summed E-state index contributed by atoms with van der Waals surface area (Å²) in [7, 11) is 0. The van der Waals surface area contributed by atoms with Gasteiger partial charge in [-0.25, -0.2) is 4.39 Å². The smallest absolute Gasteiger partial charge is 0.251 e. The van der Waals surface area contributed by atoms with Gasteiger partial charge in [0, 0.05) is 37.2 Å². The van der Waals surface area contributed by atoms with Crippen LogP contribution in [0.4, 0.5) is 4.39 Å². The number of benzene rings is 1. The number of rotatable bonds is 6.